The fourth-order valence-corrected chi connectivity index (χ4v) is 4.35. The number of rotatable bonds is 10. The van der Waals surface area contributed by atoms with Gasteiger partial charge in [-0.1, -0.05) is 64.4 Å². The molecular weight excluding hydrogens is 364 g/mol. The van der Waals surface area contributed by atoms with Gasteiger partial charge in [-0.05, 0) is 23.8 Å². The van der Waals surface area contributed by atoms with Crippen molar-refractivity contribution in [3.63, 3.8) is 0 Å². The van der Waals surface area contributed by atoms with Gasteiger partial charge in [0.2, 0.25) is 0 Å². The molecule has 29 heavy (non-hydrogen) atoms. The molecule has 1 atom stereocenters. The standard InChI is InChI=1S/C22H38N6O/c1-21(2,18-9-6-5-7-10-18)12-8-11-19(28-17-23-16-25-28)20(29)22(3,4)15-27-14-13-24-26-27/h5-7,9-10,19,23-26H,8,11-17H2,1-4H3. The van der Waals surface area contributed by atoms with Crippen LogP contribution in [-0.4, -0.2) is 54.8 Å². The number of carbonyl (C=O) groups excluding carboxylic acids is 1. The number of nitrogens with one attached hydrogen (secondary N) is 4. The van der Waals surface area contributed by atoms with Crippen molar-refractivity contribution in [3.05, 3.63) is 35.9 Å². The molecule has 1 aromatic carbocycles. The molecule has 4 N–H and O–H groups in total. The Hall–Kier alpha value is -1.35. The number of hydrazine groups is 3. The van der Waals surface area contributed by atoms with Crippen LogP contribution in [-0.2, 0) is 10.2 Å². The molecule has 2 saturated heterocycles. The first-order valence-electron chi connectivity index (χ1n) is 10.8. The molecule has 2 fully saturated rings. The summed E-state index contributed by atoms with van der Waals surface area (Å²) in [6, 6.07) is 10.6. The zero-order valence-corrected chi connectivity index (χ0v) is 18.4. The number of benzene rings is 1. The molecule has 7 heteroatoms. The van der Waals surface area contributed by atoms with Gasteiger partial charge in [-0.25, -0.2) is 20.9 Å². The molecule has 162 valence electrons. The number of carbonyl (C=O) groups is 1. The van der Waals surface area contributed by atoms with E-state index in [0.29, 0.717) is 19.0 Å². The van der Waals surface area contributed by atoms with E-state index in [1.807, 2.05) is 0 Å². The zero-order valence-electron chi connectivity index (χ0n) is 18.4. The predicted molar refractivity (Wildman–Crippen MR) is 116 cm³/mol. The fourth-order valence-electron chi connectivity index (χ4n) is 4.35. The molecule has 3 rings (SSSR count). The van der Waals surface area contributed by atoms with Crippen LogP contribution < -0.4 is 21.7 Å². The van der Waals surface area contributed by atoms with Crippen LogP contribution in [0.2, 0.25) is 0 Å². The first-order valence-corrected chi connectivity index (χ1v) is 10.8. The Bertz CT molecular complexity index is 651. The lowest BCUT2D eigenvalue weighted by atomic mass is 9.78. The minimum Gasteiger partial charge on any atom is -0.297 e. The summed E-state index contributed by atoms with van der Waals surface area (Å²) in [7, 11) is 0. The molecule has 1 aromatic rings. The van der Waals surface area contributed by atoms with Crippen LogP contribution in [0.3, 0.4) is 0 Å². The molecule has 0 amide bonds. The van der Waals surface area contributed by atoms with Gasteiger partial charge in [0, 0.05) is 25.0 Å². The van der Waals surface area contributed by atoms with E-state index in [0.717, 1.165) is 39.0 Å². The highest BCUT2D eigenvalue weighted by Crippen LogP contribution is 2.31. The Balaban J connectivity index is 1.63. The van der Waals surface area contributed by atoms with Gasteiger partial charge in [0.25, 0.3) is 0 Å². The Morgan fingerprint density at radius 2 is 1.93 bits per heavy atom. The highest BCUT2D eigenvalue weighted by molar-refractivity contribution is 5.89. The maximum atomic E-state index is 13.6. The van der Waals surface area contributed by atoms with Gasteiger partial charge in [0.15, 0.2) is 5.78 Å². The maximum absolute atomic E-state index is 13.6. The summed E-state index contributed by atoms with van der Waals surface area (Å²) in [5.74, 6) is 0.305. The molecule has 0 radical (unpaired) electrons. The average molecular weight is 403 g/mol. The van der Waals surface area contributed by atoms with Crippen molar-refractivity contribution in [2.45, 2.75) is 58.4 Å². The van der Waals surface area contributed by atoms with Crippen molar-refractivity contribution in [2.75, 3.05) is 33.0 Å². The van der Waals surface area contributed by atoms with Crippen molar-refractivity contribution >= 4 is 5.78 Å². The number of hydrogen-bond donors (Lipinski definition) is 4. The highest BCUT2D eigenvalue weighted by atomic mass is 16.1. The molecule has 2 aliphatic rings. The third-order valence-electron chi connectivity index (χ3n) is 6.20. The Labute approximate surface area is 175 Å². The molecule has 7 nitrogen and oxygen atoms in total. The van der Waals surface area contributed by atoms with Gasteiger partial charge in [-0.3, -0.25) is 10.1 Å². The molecule has 2 aliphatic heterocycles. The molecular formula is C22H38N6O. The Morgan fingerprint density at radius 3 is 2.55 bits per heavy atom. The lowest BCUT2D eigenvalue weighted by molar-refractivity contribution is -0.135. The summed E-state index contributed by atoms with van der Waals surface area (Å²) in [4.78, 5) is 13.6. The first kappa shape index (κ1) is 22.3. The smallest absolute Gasteiger partial charge is 0.158 e. The summed E-state index contributed by atoms with van der Waals surface area (Å²) in [6.07, 6.45) is 2.93. The van der Waals surface area contributed by atoms with Crippen LogP contribution in [0.4, 0.5) is 0 Å². The Kier molecular flexibility index (Phi) is 7.42. The number of ketones is 1. The van der Waals surface area contributed by atoms with Crippen molar-refractivity contribution in [2.24, 2.45) is 5.41 Å². The first-order chi connectivity index (χ1) is 13.8. The largest absolute Gasteiger partial charge is 0.297 e. The van der Waals surface area contributed by atoms with Crippen LogP contribution >= 0.6 is 0 Å². The number of Topliss-reactive ketones (excluding diaryl/α,β-unsaturated/α-hetero) is 1. The SMILES string of the molecule is CC(C)(CN1CCNN1)C(=O)C(CCCC(C)(C)c1ccccc1)N1CNCN1. The second-order valence-electron chi connectivity index (χ2n) is 9.58. The molecule has 1 unspecified atom stereocenters. The van der Waals surface area contributed by atoms with Crippen LogP contribution in [0.25, 0.3) is 0 Å². The lowest BCUT2D eigenvalue weighted by Crippen LogP contribution is -2.53. The average Bonchev–Trinajstić information content (AvgIpc) is 3.39. The zero-order chi connectivity index (χ0) is 20.9. The molecule has 0 aliphatic carbocycles. The van der Waals surface area contributed by atoms with Crippen LogP contribution in [0.15, 0.2) is 30.3 Å². The van der Waals surface area contributed by atoms with E-state index < -0.39 is 5.41 Å². The van der Waals surface area contributed by atoms with Gasteiger partial charge >= 0.3 is 0 Å². The minimum atomic E-state index is -0.428. The van der Waals surface area contributed by atoms with Crippen LogP contribution in [0.1, 0.15) is 52.5 Å². The maximum Gasteiger partial charge on any atom is 0.158 e. The molecule has 0 bridgehead atoms. The third kappa shape index (κ3) is 5.84. The van der Waals surface area contributed by atoms with E-state index in [9.17, 15) is 4.79 Å². The van der Waals surface area contributed by atoms with Gasteiger partial charge in [-0.2, -0.15) is 5.53 Å². The minimum absolute atomic E-state index is 0.103. The van der Waals surface area contributed by atoms with E-state index in [2.05, 4.69) is 89.7 Å². The number of hydrogen-bond acceptors (Lipinski definition) is 7. The summed E-state index contributed by atoms with van der Waals surface area (Å²) < 4.78 is 0. The van der Waals surface area contributed by atoms with E-state index in [1.54, 1.807) is 0 Å². The quantitative estimate of drug-likeness (QED) is 0.475. The van der Waals surface area contributed by atoms with E-state index in [1.165, 1.54) is 5.56 Å². The topological polar surface area (TPSA) is 71.7 Å². The van der Waals surface area contributed by atoms with E-state index >= 15 is 0 Å². The lowest BCUT2D eigenvalue weighted by Gasteiger charge is -2.35. The van der Waals surface area contributed by atoms with E-state index in [4.69, 9.17) is 0 Å². The second-order valence-corrected chi connectivity index (χ2v) is 9.58. The van der Waals surface area contributed by atoms with Crippen molar-refractivity contribution < 1.29 is 4.79 Å². The summed E-state index contributed by atoms with van der Waals surface area (Å²) in [5.41, 5.74) is 10.6. The van der Waals surface area contributed by atoms with Gasteiger partial charge in [-0.15, -0.1) is 0 Å². The summed E-state index contributed by atoms with van der Waals surface area (Å²) in [5, 5.41) is 7.49. The van der Waals surface area contributed by atoms with Gasteiger partial charge in [0.05, 0.1) is 19.4 Å². The molecule has 2 heterocycles. The highest BCUT2D eigenvalue weighted by Gasteiger charge is 2.39. The normalized spacial score (nSPS) is 20.3. The molecule has 0 saturated carbocycles. The molecule has 0 aromatic heterocycles. The number of nitrogens with zero attached hydrogens (tertiary/aromatic N) is 2. The molecule has 0 spiro atoms. The van der Waals surface area contributed by atoms with Gasteiger partial charge < -0.3 is 0 Å². The van der Waals surface area contributed by atoms with E-state index in [-0.39, 0.29) is 11.5 Å². The monoisotopic (exact) mass is 402 g/mol. The van der Waals surface area contributed by atoms with Crippen molar-refractivity contribution in [1.82, 2.24) is 31.7 Å². The third-order valence-corrected chi connectivity index (χ3v) is 6.20. The fraction of sp³-hybridized carbons (Fsp3) is 0.682. The summed E-state index contributed by atoms with van der Waals surface area (Å²) in [6.45, 7) is 12.7. The van der Waals surface area contributed by atoms with Crippen molar-refractivity contribution in [1.29, 1.82) is 0 Å². The van der Waals surface area contributed by atoms with Crippen molar-refractivity contribution in [3.8, 4) is 0 Å². The van der Waals surface area contributed by atoms with Crippen LogP contribution in [0, 0.1) is 5.41 Å². The van der Waals surface area contributed by atoms with Crippen LogP contribution in [0.5, 0.6) is 0 Å². The second kappa shape index (κ2) is 9.64. The van der Waals surface area contributed by atoms with Gasteiger partial charge in [0.1, 0.15) is 0 Å². The summed E-state index contributed by atoms with van der Waals surface area (Å²) >= 11 is 0. The Morgan fingerprint density at radius 1 is 1.17 bits per heavy atom. The predicted octanol–water partition coefficient (Wildman–Crippen LogP) is 1.75.